The summed E-state index contributed by atoms with van der Waals surface area (Å²) in [5.41, 5.74) is 1.46. The van der Waals surface area contributed by atoms with Crippen molar-refractivity contribution in [1.82, 2.24) is 10.2 Å². The van der Waals surface area contributed by atoms with E-state index in [1.807, 2.05) is 0 Å². The number of nitrogens with zero attached hydrogens (tertiary/aromatic N) is 1. The van der Waals surface area contributed by atoms with E-state index in [9.17, 15) is 19.5 Å². The molecular weight excluding hydrogens is 398 g/mol. The number of carbonyl (C=O) groups excluding carboxylic acids is 3. The molecule has 3 amide bonds. The zero-order valence-corrected chi connectivity index (χ0v) is 17.8. The first-order chi connectivity index (χ1) is 15.1. The first-order valence-electron chi connectivity index (χ1n) is 11.3. The Hall–Kier alpha value is -2.45. The highest BCUT2D eigenvalue weighted by atomic mass is 16.5. The SMILES string of the molecule is O=C1CCC(N2C(=O)c3c(NCCOCCC4CCCCC4)cccc3C2O)C(=O)N1. The van der Waals surface area contributed by atoms with Crippen LogP contribution in [0.25, 0.3) is 0 Å². The average Bonchev–Trinajstić information content (AvgIpc) is 3.02. The quantitative estimate of drug-likeness (QED) is 0.432. The third kappa shape index (κ3) is 4.75. The molecule has 2 unspecified atom stereocenters. The molecular formula is C23H31N3O5. The molecule has 2 heterocycles. The van der Waals surface area contributed by atoms with Crippen LogP contribution in [0.2, 0.25) is 0 Å². The molecule has 1 aromatic carbocycles. The second-order valence-corrected chi connectivity index (χ2v) is 8.65. The maximum absolute atomic E-state index is 13.1. The Kier molecular flexibility index (Phi) is 6.87. The lowest BCUT2D eigenvalue weighted by Gasteiger charge is -2.31. The highest BCUT2D eigenvalue weighted by Crippen LogP contribution is 2.38. The Morgan fingerprint density at radius 3 is 2.68 bits per heavy atom. The van der Waals surface area contributed by atoms with E-state index in [4.69, 9.17) is 4.74 Å². The molecule has 1 saturated carbocycles. The van der Waals surface area contributed by atoms with Gasteiger partial charge in [0, 0.05) is 30.8 Å². The van der Waals surface area contributed by atoms with Crippen LogP contribution in [0.1, 0.15) is 73.5 Å². The fourth-order valence-electron chi connectivity index (χ4n) is 4.91. The molecule has 3 N–H and O–H groups in total. The van der Waals surface area contributed by atoms with Crippen LogP contribution in [0.15, 0.2) is 18.2 Å². The number of hydrogen-bond donors (Lipinski definition) is 3. The van der Waals surface area contributed by atoms with Gasteiger partial charge in [0.05, 0.1) is 12.2 Å². The van der Waals surface area contributed by atoms with Crippen molar-refractivity contribution in [1.29, 1.82) is 0 Å². The fraction of sp³-hybridized carbons (Fsp3) is 0.609. The second kappa shape index (κ2) is 9.78. The predicted octanol–water partition coefficient (Wildman–Crippen LogP) is 2.34. The zero-order valence-electron chi connectivity index (χ0n) is 17.8. The molecule has 0 bridgehead atoms. The number of hydrogen-bond acceptors (Lipinski definition) is 6. The van der Waals surface area contributed by atoms with Gasteiger partial charge in [-0.05, 0) is 24.8 Å². The van der Waals surface area contributed by atoms with Crippen LogP contribution >= 0.6 is 0 Å². The summed E-state index contributed by atoms with van der Waals surface area (Å²) in [6, 6.07) is 4.40. The van der Waals surface area contributed by atoms with E-state index in [0.29, 0.717) is 30.0 Å². The van der Waals surface area contributed by atoms with E-state index in [1.54, 1.807) is 18.2 Å². The Balaban J connectivity index is 1.32. The molecule has 1 aromatic rings. The van der Waals surface area contributed by atoms with E-state index < -0.39 is 24.1 Å². The maximum Gasteiger partial charge on any atom is 0.259 e. The van der Waals surface area contributed by atoms with Gasteiger partial charge >= 0.3 is 0 Å². The fourth-order valence-corrected chi connectivity index (χ4v) is 4.91. The first-order valence-corrected chi connectivity index (χ1v) is 11.3. The minimum absolute atomic E-state index is 0.145. The summed E-state index contributed by atoms with van der Waals surface area (Å²) in [6.45, 7) is 1.83. The van der Waals surface area contributed by atoms with Crippen LogP contribution in [-0.4, -0.2) is 53.5 Å². The Morgan fingerprint density at radius 2 is 1.90 bits per heavy atom. The summed E-state index contributed by atoms with van der Waals surface area (Å²) >= 11 is 0. The van der Waals surface area contributed by atoms with Gasteiger partial charge < -0.3 is 15.2 Å². The van der Waals surface area contributed by atoms with E-state index in [1.165, 1.54) is 37.0 Å². The van der Waals surface area contributed by atoms with Gasteiger partial charge in [0.15, 0.2) is 6.23 Å². The number of anilines is 1. The Labute approximate surface area is 182 Å². The van der Waals surface area contributed by atoms with Gasteiger partial charge in [-0.3, -0.25) is 24.6 Å². The minimum atomic E-state index is -1.21. The number of rotatable bonds is 8. The van der Waals surface area contributed by atoms with Crippen molar-refractivity contribution in [3.8, 4) is 0 Å². The van der Waals surface area contributed by atoms with Crippen LogP contribution in [0.3, 0.4) is 0 Å². The van der Waals surface area contributed by atoms with Crippen LogP contribution in [0.4, 0.5) is 5.69 Å². The first kappa shape index (κ1) is 21.8. The number of imide groups is 1. The number of ether oxygens (including phenoxy) is 1. The third-order valence-electron chi connectivity index (χ3n) is 6.59. The second-order valence-electron chi connectivity index (χ2n) is 8.65. The van der Waals surface area contributed by atoms with E-state index in [-0.39, 0.29) is 18.7 Å². The molecule has 8 heteroatoms. The standard InChI is InChI=1S/C23H31N3O5/c27-19-10-9-18(21(28)25-19)26-22(29)16-7-4-8-17(20(16)23(26)30)24-12-14-31-13-11-15-5-2-1-3-6-15/h4,7-8,15,18,22,24,29H,1-3,5-6,9-14H2,(H,25,27,28). The van der Waals surface area contributed by atoms with Crippen molar-refractivity contribution in [2.24, 2.45) is 5.92 Å². The molecule has 31 heavy (non-hydrogen) atoms. The molecule has 2 aliphatic heterocycles. The Morgan fingerprint density at radius 1 is 1.10 bits per heavy atom. The molecule has 4 rings (SSSR count). The zero-order chi connectivity index (χ0) is 21.8. The van der Waals surface area contributed by atoms with Crippen molar-refractivity contribution in [3.63, 3.8) is 0 Å². The summed E-state index contributed by atoms with van der Waals surface area (Å²) in [4.78, 5) is 37.9. The molecule has 1 saturated heterocycles. The molecule has 0 radical (unpaired) electrons. The summed E-state index contributed by atoms with van der Waals surface area (Å²) < 4.78 is 5.77. The van der Waals surface area contributed by atoms with Crippen LogP contribution < -0.4 is 10.6 Å². The van der Waals surface area contributed by atoms with E-state index in [0.717, 1.165) is 18.9 Å². The Bertz CT molecular complexity index is 837. The summed E-state index contributed by atoms with van der Waals surface area (Å²) in [6.07, 6.45) is 6.90. The number of carbonyl (C=O) groups is 3. The highest BCUT2D eigenvalue weighted by molar-refractivity contribution is 6.08. The van der Waals surface area contributed by atoms with E-state index in [2.05, 4.69) is 10.6 Å². The lowest BCUT2D eigenvalue weighted by molar-refractivity contribution is -0.139. The molecule has 1 aliphatic carbocycles. The average molecular weight is 430 g/mol. The van der Waals surface area contributed by atoms with E-state index >= 15 is 0 Å². The minimum Gasteiger partial charge on any atom is -0.382 e. The summed E-state index contributed by atoms with van der Waals surface area (Å²) in [5, 5.41) is 16.2. The van der Waals surface area contributed by atoms with Gasteiger partial charge in [-0.1, -0.05) is 44.2 Å². The number of aliphatic hydroxyl groups excluding tert-OH is 1. The molecule has 0 spiro atoms. The lowest BCUT2D eigenvalue weighted by atomic mass is 9.87. The number of fused-ring (bicyclic) bond motifs is 1. The molecule has 168 valence electrons. The molecule has 2 fully saturated rings. The van der Waals surface area contributed by atoms with Gasteiger partial charge in [-0.2, -0.15) is 0 Å². The van der Waals surface area contributed by atoms with Crippen molar-refractivity contribution in [3.05, 3.63) is 29.3 Å². The normalized spacial score (nSPS) is 24.3. The monoisotopic (exact) mass is 429 g/mol. The van der Waals surface area contributed by atoms with Crippen LogP contribution in [-0.2, 0) is 14.3 Å². The molecule has 8 nitrogen and oxygen atoms in total. The van der Waals surface area contributed by atoms with Gasteiger partial charge in [0.1, 0.15) is 6.04 Å². The van der Waals surface area contributed by atoms with Gasteiger partial charge in [0.2, 0.25) is 11.8 Å². The van der Waals surface area contributed by atoms with Crippen LogP contribution in [0, 0.1) is 5.92 Å². The number of piperidine rings is 1. The van der Waals surface area contributed by atoms with Gasteiger partial charge in [0.25, 0.3) is 5.91 Å². The molecule has 3 aliphatic rings. The van der Waals surface area contributed by atoms with Gasteiger partial charge in [-0.25, -0.2) is 0 Å². The van der Waals surface area contributed by atoms with Gasteiger partial charge in [-0.15, -0.1) is 0 Å². The summed E-state index contributed by atoms with van der Waals surface area (Å²) in [7, 11) is 0. The maximum atomic E-state index is 13.1. The van der Waals surface area contributed by atoms with Crippen molar-refractivity contribution in [2.75, 3.05) is 25.1 Å². The third-order valence-corrected chi connectivity index (χ3v) is 6.59. The molecule has 0 aromatic heterocycles. The topological polar surface area (TPSA) is 108 Å². The van der Waals surface area contributed by atoms with Crippen molar-refractivity contribution < 1.29 is 24.2 Å². The largest absolute Gasteiger partial charge is 0.382 e. The van der Waals surface area contributed by atoms with Crippen molar-refractivity contribution >= 4 is 23.4 Å². The number of aliphatic hydroxyl groups is 1. The number of benzene rings is 1. The number of amides is 3. The van der Waals surface area contributed by atoms with Crippen LogP contribution in [0.5, 0.6) is 0 Å². The van der Waals surface area contributed by atoms with Crippen molar-refractivity contribution in [2.45, 2.75) is 63.6 Å². The highest BCUT2D eigenvalue weighted by Gasteiger charge is 2.45. The predicted molar refractivity (Wildman–Crippen MR) is 114 cm³/mol. The molecule has 2 atom stereocenters. The summed E-state index contributed by atoms with van der Waals surface area (Å²) in [5.74, 6) is -0.516. The number of nitrogens with one attached hydrogen (secondary N) is 2. The smallest absolute Gasteiger partial charge is 0.259 e. The lowest BCUT2D eigenvalue weighted by Crippen LogP contribution is -2.53.